The summed E-state index contributed by atoms with van der Waals surface area (Å²) in [6.07, 6.45) is 4.07. The molecule has 1 unspecified atom stereocenters. The lowest BCUT2D eigenvalue weighted by atomic mass is 10.2. The van der Waals surface area contributed by atoms with Gasteiger partial charge in [-0.1, -0.05) is 6.92 Å². The highest BCUT2D eigenvalue weighted by atomic mass is 35.5. The molecule has 1 aliphatic carbocycles. The van der Waals surface area contributed by atoms with Crippen LogP contribution >= 0.6 is 11.6 Å². The van der Waals surface area contributed by atoms with Crippen molar-refractivity contribution in [2.75, 3.05) is 6.54 Å². The molecule has 0 radical (unpaired) electrons. The lowest BCUT2D eigenvalue weighted by molar-refractivity contribution is -0.121. The molecular formula is C9H16ClNO. The highest BCUT2D eigenvalue weighted by Gasteiger charge is 2.24. The molecule has 1 aliphatic rings. The van der Waals surface area contributed by atoms with Gasteiger partial charge in [-0.2, -0.15) is 0 Å². The maximum absolute atomic E-state index is 11.1. The zero-order chi connectivity index (χ0) is 8.97. The predicted molar refractivity (Wildman–Crippen MR) is 50.3 cm³/mol. The SMILES string of the molecule is CCC(Cl)CNC(=O)CC1CC1. The number of alkyl halides is 1. The molecule has 70 valence electrons. The third-order valence-corrected chi connectivity index (χ3v) is 2.60. The molecule has 1 atom stereocenters. The van der Waals surface area contributed by atoms with E-state index in [4.69, 9.17) is 11.6 Å². The van der Waals surface area contributed by atoms with E-state index in [2.05, 4.69) is 5.32 Å². The van der Waals surface area contributed by atoms with Crippen molar-refractivity contribution in [3.63, 3.8) is 0 Å². The van der Waals surface area contributed by atoms with Gasteiger partial charge in [0.1, 0.15) is 0 Å². The van der Waals surface area contributed by atoms with Crippen LogP contribution in [0.5, 0.6) is 0 Å². The maximum atomic E-state index is 11.1. The van der Waals surface area contributed by atoms with E-state index in [1.165, 1.54) is 12.8 Å². The highest BCUT2D eigenvalue weighted by Crippen LogP contribution is 2.31. The van der Waals surface area contributed by atoms with E-state index in [9.17, 15) is 4.79 Å². The summed E-state index contributed by atoms with van der Waals surface area (Å²) in [6.45, 7) is 2.63. The van der Waals surface area contributed by atoms with E-state index in [1.807, 2.05) is 6.92 Å². The van der Waals surface area contributed by atoms with Crippen LogP contribution in [0.2, 0.25) is 0 Å². The fraction of sp³-hybridized carbons (Fsp3) is 0.889. The Labute approximate surface area is 78.7 Å². The number of nitrogens with one attached hydrogen (secondary N) is 1. The van der Waals surface area contributed by atoms with Gasteiger partial charge in [0, 0.05) is 13.0 Å². The van der Waals surface area contributed by atoms with Crippen molar-refractivity contribution in [1.82, 2.24) is 5.32 Å². The average Bonchev–Trinajstić information content (AvgIpc) is 2.84. The third kappa shape index (κ3) is 3.96. The van der Waals surface area contributed by atoms with E-state index in [0.29, 0.717) is 18.9 Å². The van der Waals surface area contributed by atoms with Crippen LogP contribution in [-0.2, 0) is 4.79 Å². The van der Waals surface area contributed by atoms with Gasteiger partial charge < -0.3 is 5.32 Å². The summed E-state index contributed by atoms with van der Waals surface area (Å²) in [7, 11) is 0. The topological polar surface area (TPSA) is 29.1 Å². The normalized spacial score (nSPS) is 18.8. The van der Waals surface area contributed by atoms with Gasteiger partial charge in [0.15, 0.2) is 0 Å². The number of hydrogen-bond acceptors (Lipinski definition) is 1. The van der Waals surface area contributed by atoms with Gasteiger partial charge in [-0.05, 0) is 25.2 Å². The first-order valence-corrected chi connectivity index (χ1v) is 5.06. The third-order valence-electron chi connectivity index (χ3n) is 2.13. The van der Waals surface area contributed by atoms with E-state index in [0.717, 1.165) is 6.42 Å². The molecule has 0 saturated heterocycles. The molecular weight excluding hydrogens is 174 g/mol. The Balaban J connectivity index is 2.00. The number of carbonyl (C=O) groups is 1. The quantitative estimate of drug-likeness (QED) is 0.658. The minimum atomic E-state index is 0.0909. The summed E-state index contributed by atoms with van der Waals surface area (Å²) in [6, 6.07) is 0. The van der Waals surface area contributed by atoms with Crippen LogP contribution in [0.15, 0.2) is 0 Å². The highest BCUT2D eigenvalue weighted by molar-refractivity contribution is 6.20. The largest absolute Gasteiger partial charge is 0.355 e. The summed E-state index contributed by atoms with van der Waals surface area (Å²) >= 11 is 5.85. The zero-order valence-corrected chi connectivity index (χ0v) is 8.23. The fourth-order valence-corrected chi connectivity index (χ4v) is 1.10. The van der Waals surface area contributed by atoms with Crippen LogP contribution in [-0.4, -0.2) is 17.8 Å². The van der Waals surface area contributed by atoms with Gasteiger partial charge in [-0.15, -0.1) is 11.6 Å². The van der Waals surface area contributed by atoms with Crippen molar-refractivity contribution < 1.29 is 4.79 Å². The van der Waals surface area contributed by atoms with Gasteiger partial charge in [0.25, 0.3) is 0 Å². The first-order chi connectivity index (χ1) is 5.72. The van der Waals surface area contributed by atoms with Crippen molar-refractivity contribution in [1.29, 1.82) is 0 Å². The molecule has 0 bridgehead atoms. The van der Waals surface area contributed by atoms with Crippen LogP contribution < -0.4 is 5.32 Å². The molecule has 3 heteroatoms. The fourth-order valence-electron chi connectivity index (χ4n) is 1.03. The van der Waals surface area contributed by atoms with Crippen molar-refractivity contribution in [2.24, 2.45) is 5.92 Å². The van der Waals surface area contributed by atoms with Crippen molar-refractivity contribution in [2.45, 2.75) is 38.0 Å². The Kier molecular flexibility index (Phi) is 3.86. The minimum Gasteiger partial charge on any atom is -0.355 e. The monoisotopic (exact) mass is 189 g/mol. The van der Waals surface area contributed by atoms with E-state index in [-0.39, 0.29) is 11.3 Å². The first-order valence-electron chi connectivity index (χ1n) is 4.63. The molecule has 2 nitrogen and oxygen atoms in total. The molecule has 1 amide bonds. The summed E-state index contributed by atoms with van der Waals surface area (Å²) in [5, 5.41) is 2.92. The van der Waals surface area contributed by atoms with E-state index >= 15 is 0 Å². The number of amides is 1. The number of hydrogen-bond donors (Lipinski definition) is 1. The Morgan fingerprint density at radius 1 is 1.67 bits per heavy atom. The first kappa shape index (κ1) is 9.85. The van der Waals surface area contributed by atoms with Gasteiger partial charge in [0.2, 0.25) is 5.91 Å². The van der Waals surface area contributed by atoms with Gasteiger partial charge in [-0.3, -0.25) is 4.79 Å². The standard InChI is InChI=1S/C9H16ClNO/c1-2-8(10)6-11-9(12)5-7-3-4-7/h7-8H,2-6H2,1H3,(H,11,12). The molecule has 0 aromatic carbocycles. The molecule has 12 heavy (non-hydrogen) atoms. The Morgan fingerprint density at radius 3 is 2.83 bits per heavy atom. The minimum absolute atomic E-state index is 0.0909. The van der Waals surface area contributed by atoms with Crippen molar-refractivity contribution in [3.05, 3.63) is 0 Å². The number of carbonyl (C=O) groups excluding carboxylic acids is 1. The average molecular weight is 190 g/mol. The zero-order valence-electron chi connectivity index (χ0n) is 7.48. The molecule has 1 saturated carbocycles. The second-order valence-corrected chi connectivity index (χ2v) is 4.07. The smallest absolute Gasteiger partial charge is 0.220 e. The molecule has 1 fully saturated rings. The molecule has 1 rings (SSSR count). The molecule has 0 heterocycles. The van der Waals surface area contributed by atoms with E-state index < -0.39 is 0 Å². The van der Waals surface area contributed by atoms with Crippen LogP contribution in [0.4, 0.5) is 0 Å². The molecule has 0 aliphatic heterocycles. The Morgan fingerprint density at radius 2 is 2.33 bits per heavy atom. The van der Waals surface area contributed by atoms with Gasteiger partial charge in [-0.25, -0.2) is 0 Å². The van der Waals surface area contributed by atoms with Gasteiger partial charge >= 0.3 is 0 Å². The summed E-state index contributed by atoms with van der Waals surface area (Å²) in [5.41, 5.74) is 0. The summed E-state index contributed by atoms with van der Waals surface area (Å²) in [4.78, 5) is 11.1. The van der Waals surface area contributed by atoms with Crippen LogP contribution in [0.3, 0.4) is 0 Å². The lowest BCUT2D eigenvalue weighted by Gasteiger charge is -2.07. The molecule has 1 N–H and O–H groups in total. The molecule has 0 spiro atoms. The second kappa shape index (κ2) is 4.70. The Hall–Kier alpha value is -0.240. The van der Waals surface area contributed by atoms with Crippen LogP contribution in [0.1, 0.15) is 32.6 Å². The number of halogens is 1. The second-order valence-electron chi connectivity index (χ2n) is 3.46. The van der Waals surface area contributed by atoms with Crippen molar-refractivity contribution >= 4 is 17.5 Å². The van der Waals surface area contributed by atoms with E-state index in [1.54, 1.807) is 0 Å². The molecule has 0 aromatic rings. The molecule has 0 aromatic heterocycles. The van der Waals surface area contributed by atoms with Crippen LogP contribution in [0, 0.1) is 5.92 Å². The predicted octanol–water partition coefficient (Wildman–Crippen LogP) is 1.92. The van der Waals surface area contributed by atoms with Crippen molar-refractivity contribution in [3.8, 4) is 0 Å². The lowest BCUT2D eigenvalue weighted by Crippen LogP contribution is -2.29. The Bertz CT molecular complexity index is 157. The van der Waals surface area contributed by atoms with Gasteiger partial charge in [0.05, 0.1) is 5.38 Å². The number of rotatable bonds is 5. The summed E-state index contributed by atoms with van der Waals surface area (Å²) < 4.78 is 0. The van der Waals surface area contributed by atoms with Crippen LogP contribution in [0.25, 0.3) is 0 Å². The summed E-state index contributed by atoms with van der Waals surface area (Å²) in [5.74, 6) is 0.831. The maximum Gasteiger partial charge on any atom is 0.220 e.